The largest absolute Gasteiger partial charge is 0.480 e. The molecule has 0 bridgehead atoms. The number of anilines is 1. The average molecular weight is 458 g/mol. The number of hydrogen-bond donors (Lipinski definition) is 1. The number of benzene rings is 2. The smallest absolute Gasteiger partial charge is 0.344 e. The Morgan fingerprint density at radius 2 is 1.97 bits per heavy atom. The summed E-state index contributed by atoms with van der Waals surface area (Å²) in [6.45, 7) is 1.38. The predicted octanol–water partition coefficient (Wildman–Crippen LogP) is 4.78. The van der Waals surface area contributed by atoms with E-state index in [4.69, 9.17) is 21.7 Å². The maximum atomic E-state index is 13.8. The fourth-order valence-electron chi connectivity index (χ4n) is 2.49. The maximum absolute atomic E-state index is 13.8. The van der Waals surface area contributed by atoms with Crippen LogP contribution in [0.25, 0.3) is 10.2 Å². The van der Waals surface area contributed by atoms with E-state index in [1.54, 1.807) is 6.92 Å². The second-order valence-corrected chi connectivity index (χ2v) is 7.48. The first-order valence-corrected chi connectivity index (χ1v) is 9.81. The van der Waals surface area contributed by atoms with Gasteiger partial charge in [0.1, 0.15) is 27.9 Å². The first-order valence-electron chi connectivity index (χ1n) is 8.59. The van der Waals surface area contributed by atoms with Gasteiger partial charge in [0, 0.05) is 12.1 Å². The van der Waals surface area contributed by atoms with Crippen molar-refractivity contribution >= 4 is 50.4 Å². The van der Waals surface area contributed by atoms with Crippen LogP contribution in [-0.4, -0.2) is 29.2 Å². The quantitative estimate of drug-likeness (QED) is 0.238. The van der Waals surface area contributed by atoms with Crippen molar-refractivity contribution in [2.24, 2.45) is 0 Å². The van der Waals surface area contributed by atoms with Gasteiger partial charge in [0.25, 0.3) is 0 Å². The molecule has 11 heteroatoms. The standard InChI is InChI=1S/C19H14F4N2O3S2/c1-2-27-16(26)8-28-13-5-9(20)3-4-12(13)24-14(29)7-15-25-18-17(23)10(21)6-11(22)19(18)30-15/h3-6H,2,7-8H2,1H3,(H,24,29). The van der Waals surface area contributed by atoms with Crippen LogP contribution in [0.15, 0.2) is 24.3 Å². The van der Waals surface area contributed by atoms with Crippen LogP contribution < -0.4 is 10.1 Å². The third kappa shape index (κ3) is 5.03. The van der Waals surface area contributed by atoms with Crippen molar-refractivity contribution in [1.29, 1.82) is 0 Å². The van der Waals surface area contributed by atoms with Gasteiger partial charge in [0.15, 0.2) is 18.2 Å². The molecule has 1 heterocycles. The molecule has 30 heavy (non-hydrogen) atoms. The highest BCUT2D eigenvalue weighted by Crippen LogP contribution is 2.30. The number of halogens is 4. The van der Waals surface area contributed by atoms with Crippen molar-refractivity contribution in [3.05, 3.63) is 52.5 Å². The fraction of sp³-hybridized carbons (Fsp3) is 0.211. The van der Waals surface area contributed by atoms with E-state index in [1.807, 2.05) is 0 Å². The Bertz CT molecular complexity index is 1120. The molecule has 5 nitrogen and oxygen atoms in total. The van der Waals surface area contributed by atoms with E-state index in [0.29, 0.717) is 6.07 Å². The molecule has 3 aromatic rings. The summed E-state index contributed by atoms with van der Waals surface area (Å²) >= 11 is 6.08. The van der Waals surface area contributed by atoms with E-state index >= 15 is 0 Å². The van der Waals surface area contributed by atoms with E-state index in [-0.39, 0.29) is 39.2 Å². The average Bonchev–Trinajstić information content (AvgIpc) is 3.11. The Kier molecular flexibility index (Phi) is 6.83. The lowest BCUT2D eigenvalue weighted by atomic mass is 10.2. The molecular formula is C19H14F4N2O3S2. The van der Waals surface area contributed by atoms with Crippen molar-refractivity contribution in [3.8, 4) is 5.75 Å². The summed E-state index contributed by atoms with van der Waals surface area (Å²) < 4.78 is 64.5. The molecule has 0 radical (unpaired) electrons. The topological polar surface area (TPSA) is 60.5 Å². The fourth-order valence-corrected chi connectivity index (χ4v) is 3.81. The van der Waals surface area contributed by atoms with Gasteiger partial charge in [-0.25, -0.2) is 27.3 Å². The van der Waals surface area contributed by atoms with Gasteiger partial charge in [0.05, 0.1) is 28.4 Å². The summed E-state index contributed by atoms with van der Waals surface area (Å²) in [5, 5.41) is 3.07. The Morgan fingerprint density at radius 3 is 2.70 bits per heavy atom. The minimum atomic E-state index is -1.33. The van der Waals surface area contributed by atoms with Crippen molar-refractivity contribution in [2.75, 3.05) is 18.5 Å². The van der Waals surface area contributed by atoms with Gasteiger partial charge < -0.3 is 14.8 Å². The minimum absolute atomic E-state index is 0.0100. The molecule has 0 aliphatic heterocycles. The molecule has 0 unspecified atom stereocenters. The molecule has 0 saturated heterocycles. The van der Waals surface area contributed by atoms with Crippen LogP contribution in [0.2, 0.25) is 0 Å². The van der Waals surface area contributed by atoms with Crippen LogP contribution in [0.4, 0.5) is 23.2 Å². The SMILES string of the molecule is CCOC(=O)COc1cc(F)ccc1NC(=S)Cc1nc2c(F)c(F)cc(F)c2s1. The molecule has 0 fully saturated rings. The highest BCUT2D eigenvalue weighted by molar-refractivity contribution is 7.80. The van der Waals surface area contributed by atoms with Crippen molar-refractivity contribution in [3.63, 3.8) is 0 Å². The lowest BCUT2D eigenvalue weighted by Gasteiger charge is -2.13. The molecule has 0 saturated carbocycles. The monoisotopic (exact) mass is 458 g/mol. The third-order valence-electron chi connectivity index (χ3n) is 3.74. The van der Waals surface area contributed by atoms with Crippen LogP contribution in [-0.2, 0) is 16.0 Å². The predicted molar refractivity (Wildman–Crippen MR) is 108 cm³/mol. The number of esters is 1. The summed E-state index contributed by atoms with van der Waals surface area (Å²) in [6.07, 6.45) is -0.0100. The van der Waals surface area contributed by atoms with E-state index in [2.05, 4.69) is 10.3 Å². The van der Waals surface area contributed by atoms with Crippen molar-refractivity contribution in [2.45, 2.75) is 13.3 Å². The van der Waals surface area contributed by atoms with Gasteiger partial charge in [-0.1, -0.05) is 12.2 Å². The second kappa shape index (κ2) is 9.35. The van der Waals surface area contributed by atoms with Gasteiger partial charge >= 0.3 is 5.97 Å². The Morgan fingerprint density at radius 1 is 1.20 bits per heavy atom. The van der Waals surface area contributed by atoms with E-state index < -0.39 is 41.4 Å². The first-order chi connectivity index (χ1) is 14.3. The molecule has 1 aromatic heterocycles. The highest BCUT2D eigenvalue weighted by Gasteiger charge is 2.18. The van der Waals surface area contributed by atoms with Gasteiger partial charge in [-0.2, -0.15) is 0 Å². The van der Waals surface area contributed by atoms with E-state index in [9.17, 15) is 22.4 Å². The lowest BCUT2D eigenvalue weighted by molar-refractivity contribution is -0.145. The van der Waals surface area contributed by atoms with E-state index in [1.165, 1.54) is 6.07 Å². The highest BCUT2D eigenvalue weighted by atomic mass is 32.1. The summed E-state index contributed by atoms with van der Waals surface area (Å²) in [6, 6.07) is 4.04. The van der Waals surface area contributed by atoms with Crippen LogP contribution in [0.5, 0.6) is 5.75 Å². The van der Waals surface area contributed by atoms with Crippen LogP contribution >= 0.6 is 23.6 Å². The molecule has 0 aliphatic carbocycles. The van der Waals surface area contributed by atoms with E-state index in [0.717, 1.165) is 23.5 Å². The molecule has 0 aliphatic rings. The van der Waals surface area contributed by atoms with Crippen molar-refractivity contribution < 1.29 is 31.8 Å². The Balaban J connectivity index is 1.75. The van der Waals surface area contributed by atoms with Crippen LogP contribution in [0, 0.1) is 23.3 Å². The van der Waals surface area contributed by atoms with Crippen molar-refractivity contribution in [1.82, 2.24) is 4.98 Å². The number of nitrogens with one attached hydrogen (secondary N) is 1. The molecule has 0 amide bonds. The van der Waals surface area contributed by atoms with Gasteiger partial charge in [-0.05, 0) is 19.1 Å². The first kappa shape index (κ1) is 21.9. The minimum Gasteiger partial charge on any atom is -0.480 e. The third-order valence-corrected chi connectivity index (χ3v) is 5.05. The number of fused-ring (bicyclic) bond motifs is 1. The van der Waals surface area contributed by atoms with Crippen LogP contribution in [0.3, 0.4) is 0 Å². The van der Waals surface area contributed by atoms with Crippen LogP contribution in [0.1, 0.15) is 11.9 Å². The summed E-state index contributed by atoms with van der Waals surface area (Å²) in [5.41, 5.74) is -0.134. The lowest BCUT2D eigenvalue weighted by Crippen LogP contribution is -2.17. The number of nitrogens with zero attached hydrogens (tertiary/aromatic N) is 1. The molecule has 1 N–H and O–H groups in total. The number of carbonyl (C=O) groups is 1. The molecule has 2 aromatic carbocycles. The number of ether oxygens (including phenoxy) is 2. The number of thiocarbonyl (C=S) groups is 1. The number of thiazole rings is 1. The molecule has 3 rings (SSSR count). The summed E-state index contributed by atoms with van der Waals surface area (Å²) in [7, 11) is 0. The number of carbonyl (C=O) groups excluding carboxylic acids is 1. The Hall–Kier alpha value is -2.79. The Labute approximate surface area is 177 Å². The maximum Gasteiger partial charge on any atom is 0.344 e. The van der Waals surface area contributed by atoms with Gasteiger partial charge in [-0.15, -0.1) is 11.3 Å². The summed E-state index contributed by atoms with van der Waals surface area (Å²) in [4.78, 5) is 15.6. The zero-order valence-electron chi connectivity index (χ0n) is 15.4. The molecule has 0 spiro atoms. The number of rotatable bonds is 7. The second-order valence-electron chi connectivity index (χ2n) is 5.90. The molecular weight excluding hydrogens is 444 g/mol. The summed E-state index contributed by atoms with van der Waals surface area (Å²) in [5.74, 6) is -4.67. The number of aromatic nitrogens is 1. The number of hydrogen-bond acceptors (Lipinski definition) is 6. The molecule has 0 atom stereocenters. The normalized spacial score (nSPS) is 10.8. The van der Waals surface area contributed by atoms with Gasteiger partial charge in [0.2, 0.25) is 0 Å². The zero-order chi connectivity index (χ0) is 21.8. The zero-order valence-corrected chi connectivity index (χ0v) is 17.1. The van der Waals surface area contributed by atoms with Gasteiger partial charge in [-0.3, -0.25) is 0 Å². The molecule has 158 valence electrons.